The van der Waals surface area contributed by atoms with Crippen molar-refractivity contribution >= 4 is 17.5 Å². The van der Waals surface area contributed by atoms with Gasteiger partial charge in [-0.3, -0.25) is 25.0 Å². The zero-order chi connectivity index (χ0) is 13.0. The lowest BCUT2D eigenvalue weighted by atomic mass is 10.2. The molecular weight excluding hydrogens is 226 g/mol. The molecule has 1 N–H and O–H groups in total. The second-order valence-corrected chi connectivity index (χ2v) is 3.60. The van der Waals surface area contributed by atoms with Gasteiger partial charge in [-0.15, -0.1) is 0 Å². The fraction of sp³-hybridized carbons (Fsp3) is 0.300. The number of nitrogens with one attached hydrogen (secondary N) is 1. The average Bonchev–Trinajstić information content (AvgIpc) is 2.28. The molecule has 90 valence electrons. The first-order valence-corrected chi connectivity index (χ1v) is 4.88. The van der Waals surface area contributed by atoms with Crippen LogP contribution in [-0.2, 0) is 4.79 Å². The molecule has 2 amide bonds. The van der Waals surface area contributed by atoms with Gasteiger partial charge in [-0.25, -0.2) is 4.98 Å². The number of nitrogens with zero attached hydrogens (tertiary/aromatic N) is 2. The van der Waals surface area contributed by atoms with E-state index in [4.69, 9.17) is 0 Å². The van der Waals surface area contributed by atoms with Gasteiger partial charge in [0, 0.05) is 18.2 Å². The lowest BCUT2D eigenvalue weighted by Gasteiger charge is -2.05. The topological polar surface area (TPSA) is 102 Å². The number of imide groups is 1. The summed E-state index contributed by atoms with van der Waals surface area (Å²) >= 11 is 0. The Hall–Kier alpha value is -2.31. The number of rotatable bonds is 3. The molecule has 0 bridgehead atoms. The number of amides is 2. The van der Waals surface area contributed by atoms with Gasteiger partial charge in [0.15, 0.2) is 0 Å². The molecule has 0 saturated heterocycles. The van der Waals surface area contributed by atoms with Gasteiger partial charge in [-0.1, -0.05) is 13.8 Å². The Labute approximate surface area is 97.0 Å². The largest absolute Gasteiger partial charge is 0.300 e. The molecule has 0 fully saturated rings. The van der Waals surface area contributed by atoms with Crippen molar-refractivity contribution in [1.82, 2.24) is 10.3 Å². The van der Waals surface area contributed by atoms with Crippen LogP contribution in [0.2, 0.25) is 0 Å². The molecule has 7 nitrogen and oxygen atoms in total. The minimum absolute atomic E-state index is 0.369. The first-order chi connectivity index (χ1) is 7.93. The lowest BCUT2D eigenvalue weighted by molar-refractivity contribution is -0.385. The van der Waals surface area contributed by atoms with Crippen molar-refractivity contribution in [3.63, 3.8) is 0 Å². The molecule has 17 heavy (non-hydrogen) atoms. The summed E-state index contributed by atoms with van der Waals surface area (Å²) in [6.45, 7) is 3.21. The summed E-state index contributed by atoms with van der Waals surface area (Å²) < 4.78 is 0. The summed E-state index contributed by atoms with van der Waals surface area (Å²) in [4.78, 5) is 36.4. The van der Waals surface area contributed by atoms with Gasteiger partial charge in [0.1, 0.15) is 0 Å². The van der Waals surface area contributed by atoms with Gasteiger partial charge in [0.25, 0.3) is 5.91 Å². The van der Waals surface area contributed by atoms with Crippen molar-refractivity contribution in [2.24, 2.45) is 5.92 Å². The first kappa shape index (κ1) is 12.8. The molecule has 0 unspecified atom stereocenters. The zero-order valence-corrected chi connectivity index (χ0v) is 9.34. The van der Waals surface area contributed by atoms with Crippen LogP contribution in [0, 0.1) is 16.0 Å². The van der Waals surface area contributed by atoms with Crippen molar-refractivity contribution < 1.29 is 14.5 Å². The molecule has 1 aromatic heterocycles. The van der Waals surface area contributed by atoms with E-state index < -0.39 is 22.4 Å². The van der Waals surface area contributed by atoms with E-state index in [0.29, 0.717) is 0 Å². The van der Waals surface area contributed by atoms with Crippen molar-refractivity contribution in [3.8, 4) is 0 Å². The third kappa shape index (κ3) is 3.07. The minimum Gasteiger partial charge on any atom is -0.291 e. The van der Waals surface area contributed by atoms with Crippen LogP contribution in [-0.4, -0.2) is 21.7 Å². The standard InChI is InChI=1S/C10H11N3O4/c1-6(2)9(14)12-10(15)8-7(13(16)17)4-3-5-11-8/h3-6H,1-2H3,(H,12,14,15). The van der Waals surface area contributed by atoms with E-state index >= 15 is 0 Å². The zero-order valence-electron chi connectivity index (χ0n) is 9.34. The molecule has 0 aromatic carbocycles. The van der Waals surface area contributed by atoms with Gasteiger partial charge in [-0.2, -0.15) is 0 Å². The second kappa shape index (κ2) is 5.15. The molecule has 1 rings (SSSR count). The van der Waals surface area contributed by atoms with E-state index in [1.165, 1.54) is 12.3 Å². The van der Waals surface area contributed by atoms with Crippen LogP contribution in [0.15, 0.2) is 18.3 Å². The Balaban J connectivity index is 2.97. The minimum atomic E-state index is -0.865. The number of nitro groups is 1. The van der Waals surface area contributed by atoms with Crippen molar-refractivity contribution in [2.45, 2.75) is 13.8 Å². The molecule has 0 saturated carbocycles. The Kier molecular flexibility index (Phi) is 3.86. The highest BCUT2D eigenvalue weighted by atomic mass is 16.6. The maximum absolute atomic E-state index is 11.6. The predicted octanol–water partition coefficient (Wildman–Crippen LogP) is 0.902. The summed E-state index contributed by atoms with van der Waals surface area (Å²) in [6, 6.07) is 2.50. The molecule has 0 aliphatic rings. The number of carbonyl (C=O) groups is 2. The molecule has 0 aliphatic carbocycles. The molecule has 0 aliphatic heterocycles. The summed E-state index contributed by atoms with van der Waals surface area (Å²) in [5.74, 6) is -1.76. The van der Waals surface area contributed by atoms with E-state index in [1.54, 1.807) is 13.8 Å². The Morgan fingerprint density at radius 2 is 2.12 bits per heavy atom. The van der Waals surface area contributed by atoms with Crippen LogP contribution in [0.4, 0.5) is 5.69 Å². The average molecular weight is 237 g/mol. The SMILES string of the molecule is CC(C)C(=O)NC(=O)c1ncccc1[N+](=O)[O-]. The third-order valence-corrected chi connectivity index (χ3v) is 1.96. The number of carbonyl (C=O) groups excluding carboxylic acids is 2. The van der Waals surface area contributed by atoms with Crippen molar-refractivity contribution in [1.29, 1.82) is 0 Å². The summed E-state index contributed by atoms with van der Waals surface area (Å²) in [5.41, 5.74) is -0.798. The van der Waals surface area contributed by atoms with E-state index in [9.17, 15) is 19.7 Å². The van der Waals surface area contributed by atoms with Gasteiger partial charge in [0.2, 0.25) is 11.6 Å². The van der Waals surface area contributed by atoms with Gasteiger partial charge >= 0.3 is 5.69 Å². The quantitative estimate of drug-likeness (QED) is 0.621. The lowest BCUT2D eigenvalue weighted by Crippen LogP contribution is -2.34. The first-order valence-electron chi connectivity index (χ1n) is 4.88. The van der Waals surface area contributed by atoms with Crippen LogP contribution in [0.5, 0.6) is 0 Å². The molecular formula is C10H11N3O4. The Morgan fingerprint density at radius 3 is 2.65 bits per heavy atom. The molecule has 0 radical (unpaired) electrons. The number of hydrogen-bond acceptors (Lipinski definition) is 5. The van der Waals surface area contributed by atoms with E-state index in [0.717, 1.165) is 6.07 Å². The summed E-state index contributed by atoms with van der Waals surface area (Å²) in [5, 5.41) is 12.7. The van der Waals surface area contributed by atoms with E-state index in [2.05, 4.69) is 4.98 Å². The fourth-order valence-corrected chi connectivity index (χ4v) is 1.03. The van der Waals surface area contributed by atoms with E-state index in [1.807, 2.05) is 5.32 Å². The molecule has 1 heterocycles. The van der Waals surface area contributed by atoms with Crippen molar-refractivity contribution in [2.75, 3.05) is 0 Å². The molecule has 0 spiro atoms. The predicted molar refractivity (Wildman–Crippen MR) is 58.2 cm³/mol. The fourth-order valence-electron chi connectivity index (χ4n) is 1.03. The van der Waals surface area contributed by atoms with Crippen molar-refractivity contribution in [3.05, 3.63) is 34.1 Å². The monoisotopic (exact) mass is 237 g/mol. The number of aromatic nitrogens is 1. The van der Waals surface area contributed by atoms with Crippen LogP contribution in [0.1, 0.15) is 24.3 Å². The van der Waals surface area contributed by atoms with Gasteiger partial charge in [-0.05, 0) is 6.07 Å². The number of hydrogen-bond donors (Lipinski definition) is 1. The van der Waals surface area contributed by atoms with Crippen LogP contribution in [0.3, 0.4) is 0 Å². The molecule has 7 heteroatoms. The number of pyridine rings is 1. The smallest absolute Gasteiger partial charge is 0.291 e. The van der Waals surface area contributed by atoms with Gasteiger partial charge < -0.3 is 0 Å². The maximum Gasteiger partial charge on any atom is 0.300 e. The summed E-state index contributed by atoms with van der Waals surface area (Å²) in [6.07, 6.45) is 1.25. The van der Waals surface area contributed by atoms with Crippen LogP contribution < -0.4 is 5.32 Å². The molecule has 1 aromatic rings. The second-order valence-electron chi connectivity index (χ2n) is 3.60. The highest BCUT2D eigenvalue weighted by molar-refractivity contribution is 6.06. The highest BCUT2D eigenvalue weighted by Crippen LogP contribution is 2.14. The normalized spacial score (nSPS) is 10.1. The maximum atomic E-state index is 11.6. The Morgan fingerprint density at radius 1 is 1.47 bits per heavy atom. The van der Waals surface area contributed by atoms with Crippen LogP contribution in [0.25, 0.3) is 0 Å². The Bertz CT molecular complexity index is 470. The highest BCUT2D eigenvalue weighted by Gasteiger charge is 2.23. The van der Waals surface area contributed by atoms with E-state index in [-0.39, 0.29) is 11.6 Å². The summed E-state index contributed by atoms with van der Waals surface area (Å²) in [7, 11) is 0. The third-order valence-electron chi connectivity index (χ3n) is 1.96. The van der Waals surface area contributed by atoms with Gasteiger partial charge in [0.05, 0.1) is 4.92 Å². The van der Waals surface area contributed by atoms with Crippen LogP contribution >= 0.6 is 0 Å². The molecule has 0 atom stereocenters.